The van der Waals surface area contributed by atoms with Crippen molar-refractivity contribution in [2.75, 3.05) is 31.1 Å². The van der Waals surface area contributed by atoms with Gasteiger partial charge in [-0.15, -0.1) is 0 Å². The van der Waals surface area contributed by atoms with Crippen LogP contribution in [0.1, 0.15) is 28.4 Å². The summed E-state index contributed by atoms with van der Waals surface area (Å²) in [7, 11) is 0. The number of hydrogen-bond acceptors (Lipinski definition) is 5. The van der Waals surface area contributed by atoms with Crippen LogP contribution in [0.4, 0.5) is 10.1 Å². The summed E-state index contributed by atoms with van der Waals surface area (Å²) in [5, 5.41) is 21.0. The molecule has 1 aliphatic rings. The summed E-state index contributed by atoms with van der Waals surface area (Å²) in [5.41, 5.74) is 2.14. The standard InChI is InChI=1S/C35H29ClFN5O4/c1-2-39-21-27(35(45)46)33(43)26-16-29(37)32(17-31(26)39)40-11-13-41(14-12-40)34(44)23(18-38)15-24-20-42(30-10-6-4-8-25(24)30)19-22-7-3-5-9-28(22)36/h3-10,15-17,20-21H,2,11-14,19H2,1H3,(H,45,46)/b23-15+. The van der Waals surface area contributed by atoms with Crippen molar-refractivity contribution in [1.82, 2.24) is 14.0 Å². The van der Waals surface area contributed by atoms with Crippen molar-refractivity contribution in [2.24, 2.45) is 0 Å². The molecular formula is C35H29ClFN5O4. The minimum absolute atomic E-state index is 0.00571. The first-order valence-corrected chi connectivity index (χ1v) is 15.1. The summed E-state index contributed by atoms with van der Waals surface area (Å²) in [4.78, 5) is 41.2. The molecule has 6 rings (SSSR count). The summed E-state index contributed by atoms with van der Waals surface area (Å²) < 4.78 is 19.0. The van der Waals surface area contributed by atoms with E-state index in [0.717, 1.165) is 28.1 Å². The lowest BCUT2D eigenvalue weighted by Gasteiger charge is -2.36. The van der Waals surface area contributed by atoms with E-state index in [9.17, 15) is 24.8 Å². The first-order valence-electron chi connectivity index (χ1n) is 14.8. The molecule has 1 fully saturated rings. The fraction of sp³-hybridized carbons (Fsp3) is 0.200. The molecule has 2 aromatic heterocycles. The largest absolute Gasteiger partial charge is 0.477 e. The summed E-state index contributed by atoms with van der Waals surface area (Å²) in [5.74, 6) is -2.43. The van der Waals surface area contributed by atoms with Gasteiger partial charge in [0.15, 0.2) is 0 Å². The Bertz CT molecular complexity index is 2150. The summed E-state index contributed by atoms with van der Waals surface area (Å²) >= 11 is 6.41. The van der Waals surface area contributed by atoms with Crippen molar-refractivity contribution < 1.29 is 19.1 Å². The fourth-order valence-electron chi connectivity index (χ4n) is 6.00. The molecular weight excluding hydrogens is 609 g/mol. The van der Waals surface area contributed by atoms with Crippen molar-refractivity contribution in [3.8, 4) is 6.07 Å². The van der Waals surface area contributed by atoms with Gasteiger partial charge in [-0.05, 0) is 42.8 Å². The number of fused-ring (bicyclic) bond motifs is 2. The van der Waals surface area contributed by atoms with Crippen molar-refractivity contribution >= 4 is 57.0 Å². The maximum absolute atomic E-state index is 15.3. The van der Waals surface area contributed by atoms with Gasteiger partial charge in [0.2, 0.25) is 5.43 Å². The number of aromatic nitrogens is 2. The molecule has 232 valence electrons. The first kappa shape index (κ1) is 30.6. The van der Waals surface area contributed by atoms with Crippen LogP contribution in [0.25, 0.3) is 27.9 Å². The zero-order chi connectivity index (χ0) is 32.5. The number of carboxylic acids is 1. The van der Waals surface area contributed by atoms with Gasteiger partial charge in [0, 0.05) is 78.5 Å². The van der Waals surface area contributed by atoms with Crippen molar-refractivity contribution in [3.63, 3.8) is 0 Å². The zero-order valence-corrected chi connectivity index (χ0v) is 25.7. The number of piperazine rings is 1. The molecule has 0 radical (unpaired) electrons. The van der Waals surface area contributed by atoms with Crippen LogP contribution in [-0.4, -0.2) is 57.2 Å². The molecule has 9 nitrogen and oxygen atoms in total. The van der Waals surface area contributed by atoms with E-state index in [4.69, 9.17) is 11.6 Å². The molecule has 1 aliphatic heterocycles. The van der Waals surface area contributed by atoms with E-state index in [0.29, 0.717) is 36.7 Å². The average molecular weight is 638 g/mol. The molecule has 0 saturated carbocycles. The molecule has 0 atom stereocenters. The molecule has 0 aliphatic carbocycles. The number of para-hydroxylation sites is 1. The highest BCUT2D eigenvalue weighted by Crippen LogP contribution is 2.29. The number of halogens is 2. The number of carbonyl (C=O) groups is 2. The number of nitrogens with zero attached hydrogens (tertiary/aromatic N) is 5. The minimum Gasteiger partial charge on any atom is -0.477 e. The third-order valence-corrected chi connectivity index (χ3v) is 8.76. The Morgan fingerprint density at radius 2 is 1.70 bits per heavy atom. The maximum Gasteiger partial charge on any atom is 0.341 e. The smallest absolute Gasteiger partial charge is 0.341 e. The summed E-state index contributed by atoms with van der Waals surface area (Å²) in [6.07, 6.45) is 4.79. The van der Waals surface area contributed by atoms with Crippen molar-refractivity contribution in [1.29, 1.82) is 5.26 Å². The van der Waals surface area contributed by atoms with Gasteiger partial charge in [-0.2, -0.15) is 5.26 Å². The molecule has 5 aromatic rings. The Labute approximate surface area is 268 Å². The number of hydrogen-bond donors (Lipinski definition) is 1. The molecule has 0 bridgehead atoms. The van der Waals surface area contributed by atoms with Crippen LogP contribution < -0.4 is 10.3 Å². The van der Waals surface area contributed by atoms with Gasteiger partial charge in [-0.3, -0.25) is 9.59 Å². The minimum atomic E-state index is -1.37. The highest BCUT2D eigenvalue weighted by molar-refractivity contribution is 6.31. The number of rotatable bonds is 7. The number of anilines is 1. The van der Waals surface area contributed by atoms with E-state index in [1.165, 1.54) is 6.20 Å². The third kappa shape index (κ3) is 5.61. The SMILES string of the molecule is CCn1cc(C(=O)O)c(=O)c2cc(F)c(N3CCN(C(=O)/C(C#N)=C/c4cn(Cc5ccccc5Cl)c5ccccc45)CC3)cc21. The topological polar surface area (TPSA) is 112 Å². The normalized spacial score (nSPS) is 13.7. The van der Waals surface area contributed by atoms with E-state index in [1.54, 1.807) is 33.4 Å². The second-order valence-corrected chi connectivity index (χ2v) is 11.5. The van der Waals surface area contributed by atoms with Crippen LogP contribution >= 0.6 is 11.6 Å². The van der Waals surface area contributed by atoms with Gasteiger partial charge in [0.05, 0.1) is 11.2 Å². The van der Waals surface area contributed by atoms with E-state index in [-0.39, 0.29) is 29.7 Å². The second kappa shape index (κ2) is 12.5. The molecule has 0 unspecified atom stereocenters. The van der Waals surface area contributed by atoms with Gasteiger partial charge in [-0.1, -0.05) is 48.0 Å². The van der Waals surface area contributed by atoms with E-state index >= 15 is 4.39 Å². The van der Waals surface area contributed by atoms with E-state index in [2.05, 4.69) is 6.07 Å². The Balaban J connectivity index is 1.23. The third-order valence-electron chi connectivity index (χ3n) is 8.40. The number of carbonyl (C=O) groups excluding carboxylic acids is 1. The van der Waals surface area contributed by atoms with Crippen LogP contribution in [0.2, 0.25) is 5.02 Å². The predicted octanol–water partition coefficient (Wildman–Crippen LogP) is 5.77. The van der Waals surface area contributed by atoms with Crippen LogP contribution in [0, 0.1) is 17.1 Å². The number of aromatic carboxylic acids is 1. The highest BCUT2D eigenvalue weighted by Gasteiger charge is 2.26. The van der Waals surface area contributed by atoms with Gasteiger partial charge >= 0.3 is 5.97 Å². The van der Waals surface area contributed by atoms with Gasteiger partial charge in [0.25, 0.3) is 5.91 Å². The Hall–Kier alpha value is -5.40. The number of nitriles is 1. The van der Waals surface area contributed by atoms with E-state index in [1.807, 2.05) is 59.3 Å². The van der Waals surface area contributed by atoms with Crippen LogP contribution in [0.5, 0.6) is 0 Å². The van der Waals surface area contributed by atoms with Crippen LogP contribution in [0.3, 0.4) is 0 Å². The molecule has 0 spiro atoms. The second-order valence-electron chi connectivity index (χ2n) is 11.1. The molecule has 11 heteroatoms. The highest BCUT2D eigenvalue weighted by atomic mass is 35.5. The Morgan fingerprint density at radius 1 is 0.978 bits per heavy atom. The van der Waals surface area contributed by atoms with Crippen molar-refractivity contribution in [3.05, 3.63) is 116 Å². The molecule has 1 amide bonds. The Morgan fingerprint density at radius 3 is 2.39 bits per heavy atom. The van der Waals surface area contributed by atoms with Gasteiger partial charge in [-0.25, -0.2) is 9.18 Å². The fourth-order valence-corrected chi connectivity index (χ4v) is 6.20. The maximum atomic E-state index is 15.3. The average Bonchev–Trinajstić information content (AvgIpc) is 3.41. The summed E-state index contributed by atoms with van der Waals surface area (Å²) in [6.45, 7) is 3.81. The quantitative estimate of drug-likeness (QED) is 0.179. The number of pyridine rings is 1. The monoisotopic (exact) mass is 637 g/mol. The van der Waals surface area contributed by atoms with Crippen LogP contribution in [-0.2, 0) is 17.9 Å². The lowest BCUT2D eigenvalue weighted by molar-refractivity contribution is -0.126. The van der Waals surface area contributed by atoms with Gasteiger partial charge in [0.1, 0.15) is 23.0 Å². The van der Waals surface area contributed by atoms with Crippen molar-refractivity contribution in [2.45, 2.75) is 20.0 Å². The molecule has 1 saturated heterocycles. The number of amides is 1. The Kier molecular flexibility index (Phi) is 8.35. The molecule has 1 N–H and O–H groups in total. The summed E-state index contributed by atoms with van der Waals surface area (Å²) in [6, 6.07) is 20.1. The zero-order valence-electron chi connectivity index (χ0n) is 24.9. The molecule has 3 aromatic carbocycles. The van der Waals surface area contributed by atoms with Gasteiger partial charge < -0.3 is 24.0 Å². The predicted molar refractivity (Wildman–Crippen MR) is 176 cm³/mol. The lowest BCUT2D eigenvalue weighted by Crippen LogP contribution is -2.49. The molecule has 3 heterocycles. The number of benzene rings is 3. The number of carboxylic acid groups (broad SMARTS) is 1. The number of aryl methyl sites for hydroxylation is 1. The molecule has 46 heavy (non-hydrogen) atoms. The van der Waals surface area contributed by atoms with Crippen LogP contribution in [0.15, 0.2) is 83.4 Å². The first-order chi connectivity index (χ1) is 22.2. The van der Waals surface area contributed by atoms with E-state index < -0.39 is 28.7 Å². The lowest BCUT2D eigenvalue weighted by atomic mass is 10.1.